The molecule has 1 aliphatic rings. The number of rotatable bonds is 8. The highest BCUT2D eigenvalue weighted by Crippen LogP contribution is 2.27. The number of hydrogen-bond acceptors (Lipinski definition) is 4. The predicted octanol–water partition coefficient (Wildman–Crippen LogP) is 1.21. The second-order valence-electron chi connectivity index (χ2n) is 7.01. The van der Waals surface area contributed by atoms with Crippen LogP contribution < -0.4 is 5.32 Å². The van der Waals surface area contributed by atoms with Crippen molar-refractivity contribution in [2.75, 3.05) is 27.2 Å². The van der Waals surface area contributed by atoms with Crippen molar-refractivity contribution in [3.63, 3.8) is 0 Å². The summed E-state index contributed by atoms with van der Waals surface area (Å²) in [5.41, 5.74) is 0. The van der Waals surface area contributed by atoms with Crippen molar-refractivity contribution >= 4 is 30.2 Å². The molecule has 3 unspecified atom stereocenters. The van der Waals surface area contributed by atoms with E-state index in [1.807, 2.05) is 11.8 Å². The molecule has 1 rings (SSSR count). The first-order chi connectivity index (χ1) is 11.2. The molecule has 7 nitrogen and oxygen atoms in total. The van der Waals surface area contributed by atoms with Crippen LogP contribution in [0.5, 0.6) is 0 Å². The molecule has 0 saturated carbocycles. The molecular weight excluding hydrogens is 346 g/mol. The molecule has 1 saturated heterocycles. The average molecular weight is 378 g/mol. The number of nitrogens with one attached hydrogen (secondary N) is 1. The maximum absolute atomic E-state index is 12.2. The van der Waals surface area contributed by atoms with Crippen LogP contribution in [-0.4, -0.2) is 72.0 Å². The highest BCUT2D eigenvalue weighted by Gasteiger charge is 2.41. The van der Waals surface area contributed by atoms with Crippen LogP contribution in [0.1, 0.15) is 40.0 Å². The fourth-order valence-electron chi connectivity index (χ4n) is 3.52. The number of nitrogens with zero attached hydrogens (tertiary/aromatic N) is 2. The van der Waals surface area contributed by atoms with Crippen LogP contribution in [0.15, 0.2) is 0 Å². The zero-order valence-electron chi connectivity index (χ0n) is 15.8. The Morgan fingerprint density at radius 1 is 1.32 bits per heavy atom. The number of aliphatic carboxylic acids is 1. The largest absolute Gasteiger partial charge is 0.480 e. The van der Waals surface area contributed by atoms with Crippen molar-refractivity contribution < 1.29 is 19.5 Å². The summed E-state index contributed by atoms with van der Waals surface area (Å²) in [5.74, 6) is -1.11. The van der Waals surface area contributed by atoms with Crippen LogP contribution >= 0.6 is 12.4 Å². The molecule has 1 heterocycles. The maximum atomic E-state index is 12.2. The Bertz CT molecular complexity index is 473. The van der Waals surface area contributed by atoms with E-state index < -0.39 is 12.0 Å². The summed E-state index contributed by atoms with van der Waals surface area (Å²) in [6, 6.07) is -0.664. The third-order valence-electron chi connectivity index (χ3n) is 4.75. The highest BCUT2D eigenvalue weighted by molar-refractivity contribution is 5.85. The van der Waals surface area contributed by atoms with Gasteiger partial charge in [-0.3, -0.25) is 19.3 Å². The van der Waals surface area contributed by atoms with Crippen LogP contribution in [0.25, 0.3) is 0 Å². The Kier molecular flexibility index (Phi) is 10.0. The van der Waals surface area contributed by atoms with E-state index >= 15 is 0 Å². The van der Waals surface area contributed by atoms with Gasteiger partial charge in [0.05, 0.1) is 5.92 Å². The molecule has 4 atom stereocenters. The molecule has 0 aliphatic carbocycles. The van der Waals surface area contributed by atoms with Gasteiger partial charge < -0.3 is 15.3 Å². The lowest BCUT2D eigenvalue weighted by molar-refractivity contribution is -0.142. The zero-order valence-corrected chi connectivity index (χ0v) is 16.6. The summed E-state index contributed by atoms with van der Waals surface area (Å²) in [6.45, 7) is 6.55. The molecule has 25 heavy (non-hydrogen) atoms. The van der Waals surface area contributed by atoms with Gasteiger partial charge in [-0.25, -0.2) is 0 Å². The summed E-state index contributed by atoms with van der Waals surface area (Å²) in [7, 11) is 3.39. The van der Waals surface area contributed by atoms with E-state index in [0.29, 0.717) is 19.5 Å². The summed E-state index contributed by atoms with van der Waals surface area (Å²) in [6.07, 6.45) is 2.20. The molecule has 2 N–H and O–H groups in total. The fraction of sp³-hybridized carbons (Fsp3) is 0.824. The SMILES string of the molecule is CCC[C@@H](CN1CC(C(=O)N(C)C)CC1C(=O)O)C(C)NC(C)=O.Cl. The van der Waals surface area contributed by atoms with Gasteiger partial charge in [0, 0.05) is 40.2 Å². The molecule has 2 amide bonds. The standard InChI is InChI=1S/C17H31N3O4.ClH/c1-6-7-13(11(2)18-12(3)21)9-20-10-14(16(22)19(4)5)8-15(20)17(23)24;/h11,13-15H,6-10H2,1-5H3,(H,18,21)(H,23,24);1H/t11?,13-,14?,15?;/m0./s1. The second-order valence-corrected chi connectivity index (χ2v) is 7.01. The van der Waals surface area contributed by atoms with E-state index in [2.05, 4.69) is 12.2 Å². The lowest BCUT2D eigenvalue weighted by Gasteiger charge is -2.31. The predicted molar refractivity (Wildman–Crippen MR) is 98.7 cm³/mol. The van der Waals surface area contributed by atoms with Gasteiger partial charge in [-0.2, -0.15) is 0 Å². The van der Waals surface area contributed by atoms with Crippen molar-refractivity contribution in [1.82, 2.24) is 15.1 Å². The molecule has 0 aromatic carbocycles. The summed E-state index contributed by atoms with van der Waals surface area (Å²) in [5, 5.41) is 12.4. The van der Waals surface area contributed by atoms with Crippen molar-refractivity contribution in [1.29, 1.82) is 0 Å². The number of carbonyl (C=O) groups is 3. The molecular formula is C17H32ClN3O4. The molecule has 146 valence electrons. The minimum atomic E-state index is -0.883. The van der Waals surface area contributed by atoms with Gasteiger partial charge in [0.25, 0.3) is 0 Å². The smallest absolute Gasteiger partial charge is 0.320 e. The van der Waals surface area contributed by atoms with Gasteiger partial charge in [-0.1, -0.05) is 13.3 Å². The van der Waals surface area contributed by atoms with Crippen molar-refractivity contribution in [3.05, 3.63) is 0 Å². The molecule has 0 aromatic rings. The normalized spacial score (nSPS) is 22.6. The lowest BCUT2D eigenvalue weighted by atomic mass is 9.95. The number of carboxylic acid groups (broad SMARTS) is 1. The van der Waals surface area contributed by atoms with Gasteiger partial charge in [0.1, 0.15) is 6.04 Å². The number of carboxylic acids is 1. The van der Waals surface area contributed by atoms with E-state index in [0.717, 1.165) is 12.8 Å². The number of halogens is 1. The number of amides is 2. The fourth-order valence-corrected chi connectivity index (χ4v) is 3.52. The maximum Gasteiger partial charge on any atom is 0.320 e. The van der Waals surface area contributed by atoms with Gasteiger partial charge >= 0.3 is 5.97 Å². The van der Waals surface area contributed by atoms with Crippen LogP contribution in [0.4, 0.5) is 0 Å². The van der Waals surface area contributed by atoms with Crippen molar-refractivity contribution in [2.45, 2.75) is 52.1 Å². The Morgan fingerprint density at radius 3 is 2.36 bits per heavy atom. The molecule has 1 aliphatic heterocycles. The lowest BCUT2D eigenvalue weighted by Crippen LogP contribution is -2.45. The van der Waals surface area contributed by atoms with Crippen LogP contribution in [0.3, 0.4) is 0 Å². The monoisotopic (exact) mass is 377 g/mol. The number of carbonyl (C=O) groups excluding carboxylic acids is 2. The van der Waals surface area contributed by atoms with E-state index in [4.69, 9.17) is 0 Å². The molecule has 0 radical (unpaired) electrons. The Morgan fingerprint density at radius 2 is 1.92 bits per heavy atom. The molecule has 0 aromatic heterocycles. The Hall–Kier alpha value is -1.34. The number of hydrogen-bond donors (Lipinski definition) is 2. The average Bonchev–Trinajstić information content (AvgIpc) is 2.89. The minimum absolute atomic E-state index is 0. The van der Waals surface area contributed by atoms with Gasteiger partial charge in [-0.05, 0) is 25.7 Å². The van der Waals surface area contributed by atoms with Gasteiger partial charge in [0.2, 0.25) is 11.8 Å². The quantitative estimate of drug-likeness (QED) is 0.663. The first-order valence-corrected chi connectivity index (χ1v) is 8.62. The minimum Gasteiger partial charge on any atom is -0.480 e. The summed E-state index contributed by atoms with van der Waals surface area (Å²) < 4.78 is 0. The Balaban J connectivity index is 0.00000576. The third kappa shape index (κ3) is 6.82. The highest BCUT2D eigenvalue weighted by atomic mass is 35.5. The van der Waals surface area contributed by atoms with E-state index in [9.17, 15) is 19.5 Å². The third-order valence-corrected chi connectivity index (χ3v) is 4.75. The second kappa shape index (κ2) is 10.6. The van der Waals surface area contributed by atoms with Gasteiger partial charge in [-0.15, -0.1) is 12.4 Å². The first-order valence-electron chi connectivity index (χ1n) is 8.62. The molecule has 0 spiro atoms. The molecule has 0 bridgehead atoms. The van der Waals surface area contributed by atoms with E-state index in [1.54, 1.807) is 14.1 Å². The zero-order chi connectivity index (χ0) is 18.4. The first kappa shape index (κ1) is 23.7. The molecule has 8 heteroatoms. The van der Waals surface area contributed by atoms with E-state index in [1.165, 1.54) is 11.8 Å². The van der Waals surface area contributed by atoms with Gasteiger partial charge in [0.15, 0.2) is 0 Å². The van der Waals surface area contributed by atoms with Crippen molar-refractivity contribution in [2.24, 2.45) is 11.8 Å². The summed E-state index contributed by atoms with van der Waals surface area (Å²) in [4.78, 5) is 38.5. The van der Waals surface area contributed by atoms with E-state index in [-0.39, 0.29) is 42.1 Å². The molecule has 1 fully saturated rings. The Labute approximate surface area is 156 Å². The van der Waals surface area contributed by atoms with Crippen molar-refractivity contribution in [3.8, 4) is 0 Å². The number of likely N-dealkylation sites (tertiary alicyclic amines) is 1. The van der Waals surface area contributed by atoms with Crippen LogP contribution in [0, 0.1) is 11.8 Å². The topological polar surface area (TPSA) is 90.0 Å². The summed E-state index contributed by atoms with van der Waals surface area (Å²) >= 11 is 0. The van der Waals surface area contributed by atoms with Crippen LogP contribution in [0.2, 0.25) is 0 Å². The van der Waals surface area contributed by atoms with Crippen LogP contribution in [-0.2, 0) is 14.4 Å².